The van der Waals surface area contributed by atoms with Crippen molar-refractivity contribution < 1.29 is 0 Å². The summed E-state index contributed by atoms with van der Waals surface area (Å²) in [5.41, 5.74) is 6.46. The van der Waals surface area contributed by atoms with Crippen LogP contribution in [0.1, 0.15) is 33.6 Å². The molecule has 1 rings (SSSR count). The zero-order valence-corrected chi connectivity index (χ0v) is 9.71. The van der Waals surface area contributed by atoms with Gasteiger partial charge in [0.15, 0.2) is 0 Å². The van der Waals surface area contributed by atoms with E-state index >= 15 is 0 Å². The third-order valence-electron chi connectivity index (χ3n) is 2.88. The summed E-state index contributed by atoms with van der Waals surface area (Å²) >= 11 is 0. The minimum absolute atomic E-state index is 0.526. The highest BCUT2D eigenvalue weighted by molar-refractivity contribution is 4.70. The van der Waals surface area contributed by atoms with Gasteiger partial charge in [-0.1, -0.05) is 20.8 Å². The van der Waals surface area contributed by atoms with Gasteiger partial charge in [-0.2, -0.15) is 5.53 Å². The Bertz CT molecular complexity index is 141. The van der Waals surface area contributed by atoms with Gasteiger partial charge >= 0.3 is 0 Å². The summed E-state index contributed by atoms with van der Waals surface area (Å²) in [6.07, 6.45) is 2.92. The molecule has 0 aromatic rings. The summed E-state index contributed by atoms with van der Waals surface area (Å²) < 4.78 is 0. The molecule has 4 nitrogen and oxygen atoms in total. The Labute approximate surface area is 87.6 Å². The van der Waals surface area contributed by atoms with Gasteiger partial charge in [-0.25, -0.2) is 10.4 Å². The van der Waals surface area contributed by atoms with Gasteiger partial charge in [0.1, 0.15) is 0 Å². The second-order valence-electron chi connectivity index (χ2n) is 3.70. The monoisotopic (exact) mass is 200 g/mol. The zero-order valence-electron chi connectivity index (χ0n) is 9.71. The number of hydrazine groups is 2. The van der Waals surface area contributed by atoms with Gasteiger partial charge in [0.05, 0.1) is 6.17 Å². The van der Waals surface area contributed by atoms with Crippen molar-refractivity contribution in [1.29, 1.82) is 0 Å². The van der Waals surface area contributed by atoms with E-state index in [1.165, 1.54) is 6.42 Å². The van der Waals surface area contributed by atoms with Crippen LogP contribution in [0.3, 0.4) is 0 Å². The quantitative estimate of drug-likeness (QED) is 0.686. The standard InChI is InChI=1S/C10H24N4/c1-4-10(13(5-2)6-3)14-9-7-8-11-12-14/h10-12H,4-9H2,1-3H3. The molecule has 84 valence electrons. The van der Waals surface area contributed by atoms with Crippen LogP contribution in [-0.4, -0.2) is 42.3 Å². The number of nitrogens with zero attached hydrogens (tertiary/aromatic N) is 2. The topological polar surface area (TPSA) is 30.5 Å². The molecule has 2 N–H and O–H groups in total. The van der Waals surface area contributed by atoms with Gasteiger partial charge in [0.2, 0.25) is 0 Å². The summed E-state index contributed by atoms with van der Waals surface area (Å²) in [5.74, 6) is 0. The highest BCUT2D eigenvalue weighted by Gasteiger charge is 2.22. The molecule has 0 aliphatic carbocycles. The van der Waals surface area contributed by atoms with Crippen LogP contribution in [0.25, 0.3) is 0 Å². The van der Waals surface area contributed by atoms with Gasteiger partial charge in [0, 0.05) is 13.1 Å². The molecule has 4 heteroatoms. The van der Waals surface area contributed by atoms with Crippen LogP contribution in [0.15, 0.2) is 0 Å². The molecule has 1 unspecified atom stereocenters. The third kappa shape index (κ3) is 2.92. The number of rotatable bonds is 5. The maximum atomic E-state index is 3.26. The Balaban J connectivity index is 2.49. The van der Waals surface area contributed by atoms with E-state index in [1.54, 1.807) is 0 Å². The molecule has 0 radical (unpaired) electrons. The molecule has 1 saturated heterocycles. The summed E-state index contributed by atoms with van der Waals surface area (Å²) in [4.78, 5) is 2.49. The lowest BCUT2D eigenvalue weighted by Crippen LogP contribution is -2.61. The van der Waals surface area contributed by atoms with E-state index in [9.17, 15) is 0 Å². The van der Waals surface area contributed by atoms with Crippen LogP contribution in [0.2, 0.25) is 0 Å². The summed E-state index contributed by atoms with van der Waals surface area (Å²) in [5, 5.41) is 2.32. The Hall–Kier alpha value is -0.160. The molecule has 0 amide bonds. The molecule has 0 aromatic carbocycles. The molecule has 0 saturated carbocycles. The molecule has 0 aromatic heterocycles. The number of hydrogen-bond acceptors (Lipinski definition) is 4. The lowest BCUT2D eigenvalue weighted by Gasteiger charge is -2.40. The molecular weight excluding hydrogens is 176 g/mol. The van der Waals surface area contributed by atoms with Crippen LogP contribution >= 0.6 is 0 Å². The first-order chi connectivity index (χ1) is 6.83. The van der Waals surface area contributed by atoms with E-state index in [0.717, 1.165) is 32.6 Å². The van der Waals surface area contributed by atoms with Crippen LogP contribution in [-0.2, 0) is 0 Å². The van der Waals surface area contributed by atoms with Crippen molar-refractivity contribution in [3.8, 4) is 0 Å². The summed E-state index contributed by atoms with van der Waals surface area (Å²) in [6.45, 7) is 11.2. The smallest absolute Gasteiger partial charge is 0.0768 e. The first kappa shape index (κ1) is 11.9. The Morgan fingerprint density at radius 2 is 2.00 bits per heavy atom. The minimum atomic E-state index is 0.526. The van der Waals surface area contributed by atoms with Crippen LogP contribution in [0.4, 0.5) is 0 Å². The second-order valence-corrected chi connectivity index (χ2v) is 3.70. The van der Waals surface area contributed by atoms with Crippen molar-refractivity contribution in [3.63, 3.8) is 0 Å². The largest absolute Gasteiger partial charge is 0.287 e. The van der Waals surface area contributed by atoms with Crippen molar-refractivity contribution in [2.24, 2.45) is 0 Å². The van der Waals surface area contributed by atoms with E-state index in [-0.39, 0.29) is 0 Å². The fourth-order valence-electron chi connectivity index (χ4n) is 2.10. The van der Waals surface area contributed by atoms with Crippen molar-refractivity contribution in [1.82, 2.24) is 20.9 Å². The highest BCUT2D eigenvalue weighted by atomic mass is 15.7. The van der Waals surface area contributed by atoms with Gasteiger partial charge in [0.25, 0.3) is 0 Å². The van der Waals surface area contributed by atoms with Crippen LogP contribution in [0, 0.1) is 0 Å². The normalized spacial score (nSPS) is 21.4. The highest BCUT2D eigenvalue weighted by Crippen LogP contribution is 2.09. The van der Waals surface area contributed by atoms with Gasteiger partial charge in [-0.15, -0.1) is 0 Å². The Kier molecular flexibility index (Phi) is 5.40. The van der Waals surface area contributed by atoms with Crippen molar-refractivity contribution in [2.45, 2.75) is 39.8 Å². The molecular formula is C10H24N4. The summed E-state index contributed by atoms with van der Waals surface area (Å²) in [6, 6.07) is 0. The van der Waals surface area contributed by atoms with Crippen LogP contribution < -0.4 is 11.0 Å². The maximum absolute atomic E-state index is 3.26. The predicted octanol–water partition coefficient (Wildman–Crippen LogP) is 0.779. The number of hydrogen-bond donors (Lipinski definition) is 2. The van der Waals surface area contributed by atoms with Crippen molar-refractivity contribution in [3.05, 3.63) is 0 Å². The maximum Gasteiger partial charge on any atom is 0.0768 e. The van der Waals surface area contributed by atoms with Gasteiger partial charge in [-0.3, -0.25) is 4.90 Å². The lowest BCUT2D eigenvalue weighted by atomic mass is 10.2. The first-order valence-corrected chi connectivity index (χ1v) is 5.82. The molecule has 1 aliphatic heterocycles. The molecule has 1 atom stereocenters. The van der Waals surface area contributed by atoms with E-state index in [0.29, 0.717) is 6.17 Å². The fraction of sp³-hybridized carbons (Fsp3) is 1.00. The predicted molar refractivity (Wildman–Crippen MR) is 59.5 cm³/mol. The summed E-state index contributed by atoms with van der Waals surface area (Å²) in [7, 11) is 0. The molecule has 0 spiro atoms. The molecule has 0 bridgehead atoms. The minimum Gasteiger partial charge on any atom is -0.287 e. The van der Waals surface area contributed by atoms with Gasteiger partial charge < -0.3 is 0 Å². The fourth-order valence-corrected chi connectivity index (χ4v) is 2.10. The molecule has 1 fully saturated rings. The SMILES string of the molecule is CCC(N(CC)CC)N1CCCNN1. The lowest BCUT2D eigenvalue weighted by molar-refractivity contribution is -0.0228. The van der Waals surface area contributed by atoms with E-state index < -0.39 is 0 Å². The van der Waals surface area contributed by atoms with Crippen LogP contribution in [0.5, 0.6) is 0 Å². The molecule has 14 heavy (non-hydrogen) atoms. The molecule has 1 aliphatic rings. The average molecular weight is 200 g/mol. The van der Waals surface area contributed by atoms with E-state index in [4.69, 9.17) is 0 Å². The third-order valence-corrected chi connectivity index (χ3v) is 2.88. The van der Waals surface area contributed by atoms with Crippen molar-refractivity contribution in [2.75, 3.05) is 26.2 Å². The Morgan fingerprint density at radius 1 is 1.29 bits per heavy atom. The zero-order chi connectivity index (χ0) is 10.4. The van der Waals surface area contributed by atoms with Crippen molar-refractivity contribution >= 4 is 0 Å². The van der Waals surface area contributed by atoms with E-state index in [1.807, 2.05) is 0 Å². The second kappa shape index (κ2) is 6.35. The van der Waals surface area contributed by atoms with E-state index in [2.05, 4.69) is 41.6 Å². The first-order valence-electron chi connectivity index (χ1n) is 5.82. The Morgan fingerprint density at radius 3 is 2.43 bits per heavy atom. The average Bonchev–Trinajstić information content (AvgIpc) is 2.27. The number of nitrogens with one attached hydrogen (secondary N) is 2. The molecule has 1 heterocycles. The van der Waals surface area contributed by atoms with Gasteiger partial charge in [-0.05, 0) is 25.9 Å².